The van der Waals surface area contributed by atoms with Gasteiger partial charge < -0.3 is 27.5 Å². The van der Waals surface area contributed by atoms with Crippen molar-refractivity contribution < 1.29 is 31.9 Å². The van der Waals surface area contributed by atoms with E-state index in [0.29, 0.717) is 39.5 Å². The predicted octanol–water partition coefficient (Wildman–Crippen LogP) is 12.5. The van der Waals surface area contributed by atoms with Gasteiger partial charge in [0.05, 0.1) is 6.67 Å². The molecule has 0 saturated heterocycles. The first-order valence-corrected chi connectivity index (χ1v) is 22.4. The van der Waals surface area contributed by atoms with Crippen molar-refractivity contribution in [1.82, 2.24) is 0 Å². The van der Waals surface area contributed by atoms with E-state index in [1.165, 1.54) is 103 Å². The Morgan fingerprint density at radius 3 is 1.17 bits per heavy atom. The standard InChI is InChI=1S/C39H81FO6Si/c1-7-13-14-15-16-17-18-19-20-21-22-23-26-29-32-35-38(39(41-8-2,42-9-3)43-10-4)46-47(44-11-5,45-12-6)37-34-31-28-25-24-27-30-33-36-40/h38H,7-37H2,1-6H3. The van der Waals surface area contributed by atoms with Gasteiger partial charge in [-0.05, 0) is 53.9 Å². The van der Waals surface area contributed by atoms with E-state index in [4.69, 9.17) is 27.5 Å². The van der Waals surface area contributed by atoms with Gasteiger partial charge in [0.1, 0.15) is 6.10 Å². The van der Waals surface area contributed by atoms with Crippen molar-refractivity contribution in [3.8, 4) is 0 Å². The molecule has 6 nitrogen and oxygen atoms in total. The smallest absolute Gasteiger partial charge is 0.374 e. The highest BCUT2D eigenvalue weighted by Gasteiger charge is 2.51. The first-order chi connectivity index (χ1) is 23.0. The lowest BCUT2D eigenvalue weighted by Crippen LogP contribution is -2.58. The largest absolute Gasteiger partial charge is 0.501 e. The summed E-state index contributed by atoms with van der Waals surface area (Å²) in [6, 6.07) is 0.770. The summed E-state index contributed by atoms with van der Waals surface area (Å²) in [6.07, 6.45) is 28.8. The molecule has 284 valence electrons. The first-order valence-electron chi connectivity index (χ1n) is 20.5. The van der Waals surface area contributed by atoms with Crippen LogP contribution in [-0.2, 0) is 27.5 Å². The predicted molar refractivity (Wildman–Crippen MR) is 199 cm³/mol. The van der Waals surface area contributed by atoms with Crippen molar-refractivity contribution >= 4 is 8.80 Å². The van der Waals surface area contributed by atoms with Gasteiger partial charge in [0.25, 0.3) is 0 Å². The van der Waals surface area contributed by atoms with E-state index in [0.717, 1.165) is 51.0 Å². The summed E-state index contributed by atoms with van der Waals surface area (Å²) >= 11 is 0. The molecule has 0 aliphatic rings. The van der Waals surface area contributed by atoms with Crippen molar-refractivity contribution in [1.29, 1.82) is 0 Å². The monoisotopic (exact) mass is 693 g/mol. The van der Waals surface area contributed by atoms with Crippen molar-refractivity contribution in [2.24, 2.45) is 0 Å². The van der Waals surface area contributed by atoms with E-state index in [9.17, 15) is 4.39 Å². The Balaban J connectivity index is 5.08. The third kappa shape index (κ3) is 24.7. The molecule has 0 aromatic rings. The number of hydrogen-bond donors (Lipinski definition) is 0. The molecule has 0 aliphatic heterocycles. The van der Waals surface area contributed by atoms with Crippen LogP contribution in [0.4, 0.5) is 4.39 Å². The van der Waals surface area contributed by atoms with Gasteiger partial charge in [-0.3, -0.25) is 4.39 Å². The molecular formula is C39H81FO6Si. The SMILES string of the molecule is CCCCCCCCCCCCCCCCCC(O[Si](CCCCCCCCCCF)(OCC)OCC)C(OCC)(OCC)OCC. The van der Waals surface area contributed by atoms with Crippen LogP contribution in [0.15, 0.2) is 0 Å². The highest BCUT2D eigenvalue weighted by molar-refractivity contribution is 6.60. The molecule has 1 atom stereocenters. The van der Waals surface area contributed by atoms with Crippen molar-refractivity contribution in [2.75, 3.05) is 39.7 Å². The van der Waals surface area contributed by atoms with Gasteiger partial charge in [-0.1, -0.05) is 142 Å². The summed E-state index contributed by atoms with van der Waals surface area (Å²) in [5.74, 6) is -1.28. The molecule has 0 saturated carbocycles. The quantitative estimate of drug-likeness (QED) is 0.0363. The molecular weight excluding hydrogens is 612 g/mol. The Hall–Kier alpha value is -0.0931. The second-order valence-electron chi connectivity index (χ2n) is 13.1. The van der Waals surface area contributed by atoms with Crippen LogP contribution in [0.3, 0.4) is 0 Å². The average Bonchev–Trinajstić information content (AvgIpc) is 3.05. The number of alkyl halides is 1. The van der Waals surface area contributed by atoms with Crippen LogP contribution in [0.5, 0.6) is 0 Å². The number of halogens is 1. The highest BCUT2D eigenvalue weighted by atomic mass is 28.4. The fourth-order valence-corrected chi connectivity index (χ4v) is 9.37. The van der Waals surface area contributed by atoms with Crippen LogP contribution in [0, 0.1) is 0 Å². The Bertz CT molecular complexity index is 605. The maximum Gasteiger partial charge on any atom is 0.501 e. The molecule has 0 heterocycles. The summed E-state index contributed by atoms with van der Waals surface area (Å²) in [6.45, 7) is 14.5. The first kappa shape index (κ1) is 46.9. The molecule has 0 fully saturated rings. The number of unbranched alkanes of at least 4 members (excludes halogenated alkanes) is 21. The zero-order chi connectivity index (χ0) is 34.7. The van der Waals surface area contributed by atoms with Gasteiger partial charge in [0.2, 0.25) is 0 Å². The van der Waals surface area contributed by atoms with Crippen LogP contribution < -0.4 is 0 Å². The summed E-state index contributed by atoms with van der Waals surface area (Å²) in [5.41, 5.74) is 0. The van der Waals surface area contributed by atoms with Crippen LogP contribution in [0.1, 0.15) is 196 Å². The second-order valence-corrected chi connectivity index (χ2v) is 15.7. The minimum Gasteiger partial charge on any atom is -0.374 e. The molecule has 8 heteroatoms. The van der Waals surface area contributed by atoms with Gasteiger partial charge in [0, 0.05) is 39.1 Å². The van der Waals surface area contributed by atoms with Gasteiger partial charge >= 0.3 is 14.8 Å². The zero-order valence-electron chi connectivity index (χ0n) is 32.3. The molecule has 0 N–H and O–H groups in total. The molecule has 0 aliphatic carbocycles. The summed E-state index contributed by atoms with van der Waals surface area (Å²) < 4.78 is 51.0. The number of hydrogen-bond acceptors (Lipinski definition) is 6. The Kier molecular flexibility index (Phi) is 34.3. The lowest BCUT2D eigenvalue weighted by atomic mass is 10.0. The zero-order valence-corrected chi connectivity index (χ0v) is 33.3. The van der Waals surface area contributed by atoms with Gasteiger partial charge in [0.15, 0.2) is 0 Å². The molecule has 0 bridgehead atoms. The fourth-order valence-electron chi connectivity index (χ4n) is 6.48. The molecule has 0 aromatic carbocycles. The van der Waals surface area contributed by atoms with Crippen LogP contribution in [0.2, 0.25) is 6.04 Å². The molecule has 0 amide bonds. The number of ether oxygens (including phenoxy) is 3. The third-order valence-electron chi connectivity index (χ3n) is 8.92. The normalized spacial score (nSPS) is 13.1. The van der Waals surface area contributed by atoms with Crippen molar-refractivity contribution in [3.05, 3.63) is 0 Å². The summed E-state index contributed by atoms with van der Waals surface area (Å²) in [7, 11) is -3.03. The van der Waals surface area contributed by atoms with Gasteiger partial charge in [-0.2, -0.15) is 0 Å². The Morgan fingerprint density at radius 2 is 0.809 bits per heavy atom. The maximum absolute atomic E-state index is 12.4. The topological polar surface area (TPSA) is 55.4 Å². The van der Waals surface area contributed by atoms with Crippen LogP contribution in [0.25, 0.3) is 0 Å². The average molecular weight is 693 g/mol. The minimum atomic E-state index is -3.03. The van der Waals surface area contributed by atoms with Crippen molar-refractivity contribution in [2.45, 2.75) is 214 Å². The maximum atomic E-state index is 12.4. The molecule has 0 aromatic heterocycles. The third-order valence-corrected chi connectivity index (χ3v) is 12.0. The molecule has 47 heavy (non-hydrogen) atoms. The van der Waals surface area contributed by atoms with E-state index in [1.807, 2.05) is 34.6 Å². The second kappa shape index (κ2) is 34.4. The van der Waals surface area contributed by atoms with E-state index in [1.54, 1.807) is 0 Å². The van der Waals surface area contributed by atoms with E-state index in [2.05, 4.69) is 6.92 Å². The molecule has 0 radical (unpaired) electrons. The molecule has 1 unspecified atom stereocenters. The van der Waals surface area contributed by atoms with Crippen LogP contribution in [-0.4, -0.2) is 60.6 Å². The van der Waals surface area contributed by atoms with E-state index < -0.39 is 20.9 Å². The fraction of sp³-hybridized carbons (Fsp3) is 1.00. The lowest BCUT2D eigenvalue weighted by molar-refractivity contribution is -0.410. The summed E-state index contributed by atoms with van der Waals surface area (Å²) in [4.78, 5) is 0. The molecule has 0 rings (SSSR count). The highest BCUT2D eigenvalue weighted by Crippen LogP contribution is 2.33. The number of rotatable bonds is 39. The Morgan fingerprint density at radius 1 is 0.447 bits per heavy atom. The van der Waals surface area contributed by atoms with E-state index in [-0.39, 0.29) is 6.67 Å². The minimum absolute atomic E-state index is 0.195. The van der Waals surface area contributed by atoms with Gasteiger partial charge in [-0.15, -0.1) is 0 Å². The van der Waals surface area contributed by atoms with Gasteiger partial charge in [-0.25, -0.2) is 0 Å². The van der Waals surface area contributed by atoms with E-state index >= 15 is 0 Å². The van der Waals surface area contributed by atoms with Crippen molar-refractivity contribution in [3.63, 3.8) is 0 Å². The Labute approximate surface area is 293 Å². The summed E-state index contributed by atoms with van der Waals surface area (Å²) in [5, 5.41) is 0. The molecule has 0 spiro atoms. The van der Waals surface area contributed by atoms with Crippen LogP contribution >= 0.6 is 0 Å². The lowest BCUT2D eigenvalue weighted by Gasteiger charge is -2.42.